The van der Waals surface area contributed by atoms with Crippen molar-refractivity contribution in [3.05, 3.63) is 0 Å². The van der Waals surface area contributed by atoms with Gasteiger partial charge in [-0.15, -0.1) is 0 Å². The first-order valence-electron chi connectivity index (χ1n) is 18.4. The van der Waals surface area contributed by atoms with Gasteiger partial charge in [-0.05, 0) is 56.9 Å². The highest BCUT2D eigenvalue weighted by Gasteiger charge is 2.35. The Balaban J connectivity index is 6.48. The standard InChI is InChI=1S/C34H60N10O13/c1-16(2)11-21(31(53)44-24(34(56)57)12-17(3)4)42-32(54)22(13-26(38)47)43-30(52)20(8-9-25(37)46)40-29(51)19(7-5-6-10-35)39-33(55)23(14-27(48)49)41-28(50)18(36)15-45/h16-24,45H,5-15,35-36H2,1-4H3,(H2,37,46)(H2,38,47)(H,39,55)(H,40,51)(H,41,50)(H,42,54)(H,43,52)(H,44,53)(H,48,49)(H,56,57)/t18-,19-,20-,21-,22-,23-,24-/m0/s1. The normalized spacial score (nSPS) is 14.8. The van der Waals surface area contributed by atoms with Gasteiger partial charge in [0, 0.05) is 6.42 Å². The van der Waals surface area contributed by atoms with E-state index in [1.807, 2.05) is 0 Å². The number of carboxylic acids is 2. The maximum atomic E-state index is 13.7. The smallest absolute Gasteiger partial charge is 0.326 e. The topological polar surface area (TPSA) is 408 Å². The van der Waals surface area contributed by atoms with E-state index in [4.69, 9.17) is 28.0 Å². The van der Waals surface area contributed by atoms with Gasteiger partial charge in [0.25, 0.3) is 0 Å². The van der Waals surface area contributed by atoms with Gasteiger partial charge in [-0.3, -0.25) is 43.2 Å². The summed E-state index contributed by atoms with van der Waals surface area (Å²) in [4.78, 5) is 126. The molecule has 23 nitrogen and oxygen atoms in total. The highest BCUT2D eigenvalue weighted by molar-refractivity contribution is 5.98. The number of aliphatic hydroxyl groups excluding tert-OH is 1. The largest absolute Gasteiger partial charge is 0.481 e. The number of hydrogen-bond donors (Lipinski definition) is 13. The lowest BCUT2D eigenvalue weighted by Gasteiger charge is -2.27. The van der Waals surface area contributed by atoms with E-state index < -0.39 is 134 Å². The molecule has 0 saturated heterocycles. The number of carboxylic acid groups (broad SMARTS) is 2. The van der Waals surface area contributed by atoms with E-state index >= 15 is 0 Å². The Bertz CT molecular complexity index is 1430. The van der Waals surface area contributed by atoms with Crippen molar-refractivity contribution in [3.8, 4) is 0 Å². The lowest BCUT2D eigenvalue weighted by atomic mass is 10.00. The van der Waals surface area contributed by atoms with Crippen molar-refractivity contribution in [1.82, 2.24) is 31.9 Å². The van der Waals surface area contributed by atoms with E-state index in [0.29, 0.717) is 6.42 Å². The third kappa shape index (κ3) is 21.5. The average Bonchev–Trinajstić information content (AvgIpc) is 3.10. The van der Waals surface area contributed by atoms with E-state index in [0.717, 1.165) is 0 Å². The summed E-state index contributed by atoms with van der Waals surface area (Å²) in [6, 6.07) is -10.8. The minimum atomic E-state index is -1.76. The van der Waals surface area contributed by atoms with Crippen LogP contribution in [0.25, 0.3) is 0 Å². The molecule has 8 amide bonds. The summed E-state index contributed by atoms with van der Waals surface area (Å²) in [5.74, 6) is -11.4. The second-order valence-corrected chi connectivity index (χ2v) is 14.3. The van der Waals surface area contributed by atoms with Gasteiger partial charge in [-0.1, -0.05) is 27.7 Å². The van der Waals surface area contributed by atoms with Crippen molar-refractivity contribution in [1.29, 1.82) is 0 Å². The molecule has 0 bridgehead atoms. The Morgan fingerprint density at radius 3 is 1.37 bits per heavy atom. The summed E-state index contributed by atoms with van der Waals surface area (Å²) in [7, 11) is 0. The van der Waals surface area contributed by atoms with Crippen molar-refractivity contribution in [2.45, 2.75) is 128 Å². The molecular formula is C34H60N10O13. The fourth-order valence-electron chi connectivity index (χ4n) is 5.23. The van der Waals surface area contributed by atoms with Gasteiger partial charge >= 0.3 is 11.9 Å². The van der Waals surface area contributed by atoms with Gasteiger partial charge in [-0.25, -0.2) is 4.79 Å². The highest BCUT2D eigenvalue weighted by Crippen LogP contribution is 2.11. The van der Waals surface area contributed by atoms with Gasteiger partial charge in [-0.2, -0.15) is 0 Å². The Morgan fingerprint density at radius 2 is 0.930 bits per heavy atom. The Labute approximate surface area is 329 Å². The maximum Gasteiger partial charge on any atom is 0.326 e. The molecule has 324 valence electrons. The maximum absolute atomic E-state index is 13.7. The number of nitrogens with one attached hydrogen (secondary N) is 6. The van der Waals surface area contributed by atoms with E-state index in [1.165, 1.54) is 0 Å². The molecule has 0 fully saturated rings. The van der Waals surface area contributed by atoms with E-state index in [9.17, 15) is 58.2 Å². The van der Waals surface area contributed by atoms with Crippen LogP contribution in [0.15, 0.2) is 0 Å². The fourth-order valence-corrected chi connectivity index (χ4v) is 5.23. The van der Waals surface area contributed by atoms with Gasteiger partial charge in [0.15, 0.2) is 0 Å². The highest BCUT2D eigenvalue weighted by atomic mass is 16.4. The second-order valence-electron chi connectivity index (χ2n) is 14.3. The van der Waals surface area contributed by atoms with Crippen LogP contribution in [-0.2, 0) is 47.9 Å². The summed E-state index contributed by atoms with van der Waals surface area (Å²) in [6.07, 6.45) is -2.11. The lowest BCUT2D eigenvalue weighted by Crippen LogP contribution is -2.60. The number of amides is 8. The minimum absolute atomic E-state index is 0.0165. The molecular weight excluding hydrogens is 756 g/mol. The van der Waals surface area contributed by atoms with Crippen LogP contribution in [0.3, 0.4) is 0 Å². The number of unbranched alkanes of at least 4 members (excludes halogenated alkanes) is 1. The predicted molar refractivity (Wildman–Crippen MR) is 201 cm³/mol. The van der Waals surface area contributed by atoms with Crippen LogP contribution in [0.5, 0.6) is 0 Å². The number of aliphatic hydroxyl groups is 1. The molecule has 0 aliphatic heterocycles. The van der Waals surface area contributed by atoms with Gasteiger partial charge in [0.1, 0.15) is 42.3 Å². The van der Waals surface area contributed by atoms with Crippen molar-refractivity contribution in [3.63, 3.8) is 0 Å². The molecule has 0 aliphatic carbocycles. The van der Waals surface area contributed by atoms with E-state index in [-0.39, 0.29) is 44.1 Å². The van der Waals surface area contributed by atoms with Crippen molar-refractivity contribution < 1.29 is 63.3 Å². The summed E-state index contributed by atoms with van der Waals surface area (Å²) >= 11 is 0. The Hall–Kier alpha value is -5.42. The number of primary amides is 2. The number of hydrogen-bond acceptors (Lipinski definition) is 13. The quantitative estimate of drug-likeness (QED) is 0.0315. The molecule has 0 aliphatic rings. The number of carbonyl (C=O) groups is 10. The number of rotatable bonds is 29. The summed E-state index contributed by atoms with van der Waals surface area (Å²) in [5, 5.41) is 42.0. The van der Waals surface area contributed by atoms with Crippen molar-refractivity contribution in [2.75, 3.05) is 13.2 Å². The average molecular weight is 817 g/mol. The van der Waals surface area contributed by atoms with Crippen molar-refractivity contribution in [2.24, 2.45) is 34.8 Å². The molecule has 0 unspecified atom stereocenters. The van der Waals surface area contributed by atoms with Crippen LogP contribution in [0.2, 0.25) is 0 Å². The fraction of sp³-hybridized carbons (Fsp3) is 0.706. The zero-order valence-corrected chi connectivity index (χ0v) is 32.7. The molecule has 0 radical (unpaired) electrons. The van der Waals surface area contributed by atoms with Gasteiger partial charge in [0.2, 0.25) is 47.3 Å². The third-order valence-corrected chi connectivity index (χ3v) is 8.14. The molecule has 17 N–H and O–H groups in total. The van der Waals surface area contributed by atoms with E-state index in [2.05, 4.69) is 31.9 Å². The van der Waals surface area contributed by atoms with Crippen LogP contribution < -0.4 is 54.8 Å². The molecule has 23 heteroatoms. The summed E-state index contributed by atoms with van der Waals surface area (Å²) in [5.41, 5.74) is 21.7. The molecule has 0 spiro atoms. The third-order valence-electron chi connectivity index (χ3n) is 8.14. The van der Waals surface area contributed by atoms with Gasteiger partial charge in [0.05, 0.1) is 19.4 Å². The second kappa shape index (κ2) is 26.4. The molecule has 0 saturated carbocycles. The molecule has 0 aromatic rings. The predicted octanol–water partition coefficient (Wildman–Crippen LogP) is -4.86. The monoisotopic (exact) mass is 816 g/mol. The minimum Gasteiger partial charge on any atom is -0.481 e. The zero-order valence-electron chi connectivity index (χ0n) is 32.7. The zero-order chi connectivity index (χ0) is 44.0. The summed E-state index contributed by atoms with van der Waals surface area (Å²) < 4.78 is 0. The number of aliphatic carboxylic acids is 2. The Morgan fingerprint density at radius 1 is 0.526 bits per heavy atom. The van der Waals surface area contributed by atoms with Crippen LogP contribution >= 0.6 is 0 Å². The molecule has 57 heavy (non-hydrogen) atoms. The molecule has 0 heterocycles. The van der Waals surface area contributed by atoms with Crippen molar-refractivity contribution >= 4 is 59.2 Å². The SMILES string of the molecule is CC(C)C[C@H](NC(=O)[C@H](CC(C)C)NC(=O)[C@H](CC(N)=O)NC(=O)[C@H](CCC(N)=O)NC(=O)[C@H](CCCCN)NC(=O)[C@H](CC(=O)O)NC(=O)[C@@H](N)CO)C(=O)O. The molecule has 0 rings (SSSR count). The first kappa shape index (κ1) is 51.6. The van der Waals surface area contributed by atoms with Crippen LogP contribution in [-0.4, -0.2) is 130 Å². The van der Waals surface area contributed by atoms with Crippen LogP contribution in [0.4, 0.5) is 0 Å². The van der Waals surface area contributed by atoms with E-state index in [1.54, 1.807) is 27.7 Å². The first-order valence-corrected chi connectivity index (χ1v) is 18.4. The number of nitrogens with two attached hydrogens (primary N) is 4. The molecule has 0 aromatic heterocycles. The van der Waals surface area contributed by atoms with Crippen LogP contribution in [0, 0.1) is 11.8 Å². The molecule has 0 aromatic carbocycles. The van der Waals surface area contributed by atoms with Gasteiger partial charge < -0.3 is 70.2 Å². The summed E-state index contributed by atoms with van der Waals surface area (Å²) in [6.45, 7) is 6.31. The Kier molecular flexibility index (Phi) is 23.9. The molecule has 7 atom stereocenters. The first-order chi connectivity index (χ1) is 26.5. The lowest BCUT2D eigenvalue weighted by molar-refractivity contribution is -0.143. The van der Waals surface area contributed by atoms with Crippen LogP contribution in [0.1, 0.15) is 85.5 Å². The number of carbonyl (C=O) groups excluding carboxylic acids is 8.